The summed E-state index contributed by atoms with van der Waals surface area (Å²) in [4.78, 5) is 11.2. The highest BCUT2D eigenvalue weighted by atomic mass is 16.6. The number of hydrogen-bond acceptors (Lipinski definition) is 4. The Morgan fingerprint density at radius 1 is 1.29 bits per heavy atom. The molecule has 1 fully saturated rings. The Bertz CT molecular complexity index is 397. The number of carbonyl (C=O) groups is 1. The Balaban J connectivity index is 2.37. The van der Waals surface area contributed by atoms with Crippen LogP contribution in [0.25, 0.3) is 0 Å². The molecule has 0 unspecified atom stereocenters. The van der Waals surface area contributed by atoms with Gasteiger partial charge in [0.2, 0.25) is 0 Å². The summed E-state index contributed by atoms with van der Waals surface area (Å²) in [5.74, 6) is 1.41. The zero-order valence-electron chi connectivity index (χ0n) is 9.86. The maximum absolute atomic E-state index is 11.2. The second-order valence-corrected chi connectivity index (χ2v) is 3.70. The van der Waals surface area contributed by atoms with Crippen molar-refractivity contribution in [3.05, 3.63) is 23.8 Å². The van der Waals surface area contributed by atoms with Crippen molar-refractivity contribution in [3.63, 3.8) is 0 Å². The van der Waals surface area contributed by atoms with Crippen molar-refractivity contribution in [1.82, 2.24) is 5.32 Å². The Labute approximate surface area is 99.7 Å². The highest BCUT2D eigenvalue weighted by molar-refractivity contribution is 5.69. The third kappa shape index (κ3) is 2.27. The van der Waals surface area contributed by atoms with Crippen LogP contribution in [0.5, 0.6) is 11.5 Å². The molecule has 0 spiro atoms. The van der Waals surface area contributed by atoms with Gasteiger partial charge in [-0.1, -0.05) is 6.07 Å². The minimum atomic E-state index is -0.408. The minimum Gasteiger partial charge on any atom is -0.496 e. The fraction of sp³-hybridized carbons (Fsp3) is 0.417. The van der Waals surface area contributed by atoms with Crippen LogP contribution in [-0.2, 0) is 4.74 Å². The second kappa shape index (κ2) is 4.95. The van der Waals surface area contributed by atoms with E-state index in [1.54, 1.807) is 14.2 Å². The van der Waals surface area contributed by atoms with Gasteiger partial charge in [0.25, 0.3) is 0 Å². The van der Waals surface area contributed by atoms with Gasteiger partial charge < -0.3 is 19.5 Å². The maximum Gasteiger partial charge on any atom is 0.407 e. The van der Waals surface area contributed by atoms with Gasteiger partial charge in [0.15, 0.2) is 0 Å². The van der Waals surface area contributed by atoms with Crippen LogP contribution in [0.15, 0.2) is 18.2 Å². The van der Waals surface area contributed by atoms with E-state index in [9.17, 15) is 4.79 Å². The molecule has 1 N–H and O–H groups in total. The Kier molecular flexibility index (Phi) is 3.37. The van der Waals surface area contributed by atoms with E-state index >= 15 is 0 Å². The van der Waals surface area contributed by atoms with E-state index in [4.69, 9.17) is 14.2 Å². The number of hydrogen-bond donors (Lipinski definition) is 1. The first-order chi connectivity index (χ1) is 8.26. The van der Waals surface area contributed by atoms with Crippen molar-refractivity contribution in [3.8, 4) is 11.5 Å². The molecule has 1 saturated heterocycles. The van der Waals surface area contributed by atoms with E-state index in [0.717, 1.165) is 5.56 Å². The highest BCUT2D eigenvalue weighted by Crippen LogP contribution is 2.36. The number of rotatable bonds is 3. The average Bonchev–Trinajstić information content (AvgIpc) is 2.37. The molecule has 92 valence electrons. The molecule has 1 aromatic rings. The van der Waals surface area contributed by atoms with E-state index in [1.165, 1.54) is 0 Å². The van der Waals surface area contributed by atoms with Crippen LogP contribution in [-0.4, -0.2) is 26.9 Å². The van der Waals surface area contributed by atoms with Crippen LogP contribution < -0.4 is 14.8 Å². The van der Waals surface area contributed by atoms with Crippen LogP contribution in [0.3, 0.4) is 0 Å². The molecule has 17 heavy (non-hydrogen) atoms. The number of ether oxygens (including phenoxy) is 3. The lowest BCUT2D eigenvalue weighted by Gasteiger charge is -2.26. The summed E-state index contributed by atoms with van der Waals surface area (Å²) in [6.45, 7) is 0.400. The lowest BCUT2D eigenvalue weighted by Crippen LogP contribution is -2.35. The predicted octanol–water partition coefficient (Wildman–Crippen LogP) is 1.87. The molecule has 0 bridgehead atoms. The average molecular weight is 237 g/mol. The summed E-state index contributed by atoms with van der Waals surface area (Å²) < 4.78 is 15.5. The number of benzene rings is 1. The van der Waals surface area contributed by atoms with Gasteiger partial charge in [0.05, 0.1) is 32.4 Å². The van der Waals surface area contributed by atoms with E-state index in [0.29, 0.717) is 24.5 Å². The van der Waals surface area contributed by atoms with Crippen molar-refractivity contribution in [1.29, 1.82) is 0 Å². The van der Waals surface area contributed by atoms with Crippen molar-refractivity contribution < 1.29 is 19.0 Å². The third-order valence-electron chi connectivity index (χ3n) is 2.75. The highest BCUT2D eigenvalue weighted by Gasteiger charge is 2.26. The molecule has 1 amide bonds. The number of carbonyl (C=O) groups excluding carboxylic acids is 1. The van der Waals surface area contributed by atoms with E-state index in [1.807, 2.05) is 18.2 Å². The zero-order chi connectivity index (χ0) is 12.3. The van der Waals surface area contributed by atoms with Gasteiger partial charge in [-0.15, -0.1) is 0 Å². The number of alkyl carbamates (subject to hydrolysis) is 1. The lowest BCUT2D eigenvalue weighted by molar-refractivity contribution is 0.114. The molecular weight excluding hydrogens is 222 g/mol. The molecule has 0 aromatic heterocycles. The van der Waals surface area contributed by atoms with Crippen LogP contribution in [0, 0.1) is 0 Å². The fourth-order valence-corrected chi connectivity index (χ4v) is 1.97. The first kappa shape index (κ1) is 11.6. The molecule has 0 saturated carbocycles. The Morgan fingerprint density at radius 2 is 1.94 bits per heavy atom. The van der Waals surface area contributed by atoms with Gasteiger partial charge >= 0.3 is 6.09 Å². The number of nitrogens with one attached hydrogen (secondary N) is 1. The molecule has 5 heteroatoms. The fourth-order valence-electron chi connectivity index (χ4n) is 1.97. The molecule has 1 atom stereocenters. The van der Waals surface area contributed by atoms with Gasteiger partial charge in [-0.25, -0.2) is 4.79 Å². The molecule has 1 aliphatic heterocycles. The monoisotopic (exact) mass is 237 g/mol. The van der Waals surface area contributed by atoms with E-state index in [2.05, 4.69) is 5.32 Å². The van der Waals surface area contributed by atoms with Gasteiger partial charge in [-0.3, -0.25) is 0 Å². The van der Waals surface area contributed by atoms with Crippen molar-refractivity contribution in [2.45, 2.75) is 12.5 Å². The SMILES string of the molecule is COc1cccc(OC)c1[C@H]1CCOC(=O)N1. The van der Waals surface area contributed by atoms with Crippen LogP contribution >= 0.6 is 0 Å². The molecule has 5 nitrogen and oxygen atoms in total. The standard InChI is InChI=1S/C12H15NO4/c1-15-9-4-3-5-10(16-2)11(9)8-6-7-17-12(14)13-8/h3-5,8H,6-7H2,1-2H3,(H,13,14)/t8-/m1/s1. The zero-order valence-corrected chi connectivity index (χ0v) is 9.86. The van der Waals surface area contributed by atoms with Gasteiger partial charge in [-0.05, 0) is 12.1 Å². The quantitative estimate of drug-likeness (QED) is 0.872. The number of cyclic esters (lactones) is 1. The molecule has 1 heterocycles. The predicted molar refractivity (Wildman–Crippen MR) is 61.4 cm³/mol. The second-order valence-electron chi connectivity index (χ2n) is 3.70. The molecule has 0 radical (unpaired) electrons. The first-order valence-electron chi connectivity index (χ1n) is 5.40. The third-order valence-corrected chi connectivity index (χ3v) is 2.75. The van der Waals surface area contributed by atoms with E-state index in [-0.39, 0.29) is 6.04 Å². The normalized spacial score (nSPS) is 19.2. The summed E-state index contributed by atoms with van der Waals surface area (Å²) in [5.41, 5.74) is 0.856. The molecule has 1 aromatic carbocycles. The van der Waals surface area contributed by atoms with Crippen molar-refractivity contribution >= 4 is 6.09 Å². The molecule has 1 aliphatic rings. The number of methoxy groups -OCH3 is 2. The summed E-state index contributed by atoms with van der Waals surface area (Å²) in [5, 5.41) is 2.76. The molecular formula is C12H15NO4. The molecule has 0 aliphatic carbocycles. The van der Waals surface area contributed by atoms with Crippen LogP contribution in [0.1, 0.15) is 18.0 Å². The Morgan fingerprint density at radius 3 is 2.47 bits per heavy atom. The maximum atomic E-state index is 11.2. The minimum absolute atomic E-state index is 0.137. The van der Waals surface area contributed by atoms with Gasteiger partial charge in [0.1, 0.15) is 11.5 Å². The van der Waals surface area contributed by atoms with Crippen molar-refractivity contribution in [2.24, 2.45) is 0 Å². The Hall–Kier alpha value is -1.91. The van der Waals surface area contributed by atoms with Gasteiger partial charge in [-0.2, -0.15) is 0 Å². The number of amides is 1. The summed E-state index contributed by atoms with van der Waals surface area (Å²) in [6.07, 6.45) is 0.289. The first-order valence-corrected chi connectivity index (χ1v) is 5.40. The topological polar surface area (TPSA) is 56.8 Å². The van der Waals surface area contributed by atoms with Crippen LogP contribution in [0.2, 0.25) is 0 Å². The largest absolute Gasteiger partial charge is 0.496 e. The summed E-state index contributed by atoms with van der Waals surface area (Å²) in [6, 6.07) is 5.41. The van der Waals surface area contributed by atoms with Crippen LogP contribution in [0.4, 0.5) is 4.79 Å². The van der Waals surface area contributed by atoms with E-state index < -0.39 is 6.09 Å². The summed E-state index contributed by atoms with van der Waals surface area (Å²) in [7, 11) is 3.19. The van der Waals surface area contributed by atoms with Crippen molar-refractivity contribution in [2.75, 3.05) is 20.8 Å². The smallest absolute Gasteiger partial charge is 0.407 e. The van der Waals surface area contributed by atoms with Gasteiger partial charge in [0, 0.05) is 6.42 Å². The molecule has 2 rings (SSSR count). The summed E-state index contributed by atoms with van der Waals surface area (Å²) >= 11 is 0. The lowest BCUT2D eigenvalue weighted by atomic mass is 10.0.